The summed E-state index contributed by atoms with van der Waals surface area (Å²) >= 11 is 0. The fraction of sp³-hybridized carbons (Fsp3) is 0.333. The van der Waals surface area contributed by atoms with E-state index in [-0.39, 0.29) is 16.7 Å². The molecule has 0 aliphatic heterocycles. The average molecular weight is 280 g/mol. The molecule has 1 rings (SSSR count). The van der Waals surface area contributed by atoms with Gasteiger partial charge in [-0.25, -0.2) is 4.79 Å². The number of carbonyl (C=O) groups is 1. The molecule has 1 aromatic rings. The minimum atomic E-state index is -1.76. The van der Waals surface area contributed by atoms with Gasteiger partial charge in [0.15, 0.2) is 6.10 Å². The first-order valence-corrected chi connectivity index (χ1v) is 5.46. The van der Waals surface area contributed by atoms with Crippen LogP contribution in [0.2, 0.25) is 0 Å². The van der Waals surface area contributed by atoms with Gasteiger partial charge in [-0.05, 0) is 18.6 Å². The molecule has 0 spiro atoms. The minimum Gasteiger partial charge on any atom is -0.465 e. The molecule has 8 heteroatoms. The Morgan fingerprint density at radius 3 is 2.55 bits per heavy atom. The van der Waals surface area contributed by atoms with Crippen LogP contribution in [0.5, 0.6) is 0 Å². The molecule has 2 atom stereocenters. The summed E-state index contributed by atoms with van der Waals surface area (Å²) in [5.41, 5.74) is -0.561. The van der Waals surface area contributed by atoms with E-state index in [0.29, 0.717) is 0 Å². The molecule has 0 fully saturated rings. The number of carbonyl (C=O) groups excluding carboxylic acids is 1. The third-order valence-corrected chi connectivity index (χ3v) is 2.78. The van der Waals surface area contributed by atoms with E-state index in [4.69, 9.17) is 5.26 Å². The molecule has 106 valence electrons. The molecule has 20 heavy (non-hydrogen) atoms. The van der Waals surface area contributed by atoms with Crippen molar-refractivity contribution in [1.82, 2.24) is 0 Å². The second-order valence-electron chi connectivity index (χ2n) is 3.98. The fourth-order valence-electron chi connectivity index (χ4n) is 1.66. The molecule has 0 amide bonds. The molecule has 0 aliphatic carbocycles. The van der Waals surface area contributed by atoms with Crippen molar-refractivity contribution in [3.05, 3.63) is 38.9 Å². The van der Waals surface area contributed by atoms with Gasteiger partial charge in [-0.3, -0.25) is 10.1 Å². The predicted octanol–water partition coefficient (Wildman–Crippen LogP) is 0.608. The highest BCUT2D eigenvalue weighted by atomic mass is 16.6. The van der Waals surface area contributed by atoms with Crippen LogP contribution in [0.3, 0.4) is 0 Å². The summed E-state index contributed by atoms with van der Waals surface area (Å²) in [5, 5.41) is 38.5. The van der Waals surface area contributed by atoms with E-state index in [9.17, 15) is 25.1 Å². The van der Waals surface area contributed by atoms with E-state index in [1.54, 1.807) is 0 Å². The Bertz CT molecular complexity index is 592. The van der Waals surface area contributed by atoms with Crippen LogP contribution >= 0.6 is 0 Å². The number of nitrogens with zero attached hydrogens (tertiary/aromatic N) is 2. The van der Waals surface area contributed by atoms with E-state index >= 15 is 0 Å². The zero-order chi connectivity index (χ0) is 15.4. The standard InChI is InChI=1S/C12H12N2O6/c1-6-8(12(17)20-2)3-7(4-9(6)14(18)19)11(16)10(15)5-13/h3-4,10-11,15-16H,1-2H3. The second kappa shape index (κ2) is 6.10. The number of benzene rings is 1. The van der Waals surface area contributed by atoms with Crippen molar-refractivity contribution in [3.63, 3.8) is 0 Å². The summed E-state index contributed by atoms with van der Waals surface area (Å²) in [6.45, 7) is 1.36. The van der Waals surface area contributed by atoms with Crippen molar-refractivity contribution in [2.45, 2.75) is 19.1 Å². The molecule has 0 saturated heterocycles. The number of aliphatic hydroxyl groups is 2. The molecule has 2 N–H and O–H groups in total. The monoisotopic (exact) mass is 280 g/mol. The number of ether oxygens (including phenoxy) is 1. The number of nitriles is 1. The molecule has 0 bridgehead atoms. The normalized spacial score (nSPS) is 13.2. The smallest absolute Gasteiger partial charge is 0.338 e. The van der Waals surface area contributed by atoms with Crippen LogP contribution < -0.4 is 0 Å². The van der Waals surface area contributed by atoms with Gasteiger partial charge >= 0.3 is 5.97 Å². The van der Waals surface area contributed by atoms with Crippen LogP contribution in [-0.2, 0) is 4.74 Å². The number of aliphatic hydroxyl groups excluding tert-OH is 2. The average Bonchev–Trinajstić information content (AvgIpc) is 2.44. The lowest BCUT2D eigenvalue weighted by molar-refractivity contribution is -0.385. The number of hydrogen-bond donors (Lipinski definition) is 2. The maximum atomic E-state index is 11.6. The number of nitro groups is 1. The highest BCUT2D eigenvalue weighted by Gasteiger charge is 2.26. The Kier molecular flexibility index (Phi) is 4.74. The number of rotatable bonds is 4. The Morgan fingerprint density at radius 1 is 1.50 bits per heavy atom. The van der Waals surface area contributed by atoms with E-state index in [0.717, 1.165) is 19.2 Å². The topological polar surface area (TPSA) is 134 Å². The maximum absolute atomic E-state index is 11.6. The number of esters is 1. The number of hydrogen-bond acceptors (Lipinski definition) is 7. The lowest BCUT2D eigenvalue weighted by atomic mass is 9.97. The lowest BCUT2D eigenvalue weighted by Gasteiger charge is -2.14. The first-order chi connectivity index (χ1) is 9.33. The van der Waals surface area contributed by atoms with Gasteiger partial charge in [0.25, 0.3) is 5.69 Å². The molecular weight excluding hydrogens is 268 g/mol. The summed E-state index contributed by atoms with van der Waals surface area (Å²) in [5.74, 6) is -0.814. The van der Waals surface area contributed by atoms with Crippen LogP contribution in [0.1, 0.15) is 27.6 Å². The summed E-state index contributed by atoms with van der Waals surface area (Å²) < 4.78 is 4.50. The highest BCUT2D eigenvalue weighted by molar-refractivity contribution is 5.92. The zero-order valence-corrected chi connectivity index (χ0v) is 10.7. The van der Waals surface area contributed by atoms with Gasteiger partial charge < -0.3 is 14.9 Å². The van der Waals surface area contributed by atoms with Crippen LogP contribution in [0.15, 0.2) is 12.1 Å². The quantitative estimate of drug-likeness (QED) is 0.357. The van der Waals surface area contributed by atoms with Gasteiger partial charge in [-0.2, -0.15) is 5.26 Å². The highest BCUT2D eigenvalue weighted by Crippen LogP contribution is 2.28. The summed E-state index contributed by atoms with van der Waals surface area (Å²) in [6.07, 6.45) is -3.43. The molecule has 0 aliphatic rings. The van der Waals surface area contributed by atoms with Gasteiger partial charge in [0.05, 0.1) is 23.7 Å². The molecule has 8 nitrogen and oxygen atoms in total. The van der Waals surface area contributed by atoms with E-state index in [2.05, 4.69) is 4.74 Å². The molecule has 0 radical (unpaired) electrons. The van der Waals surface area contributed by atoms with Gasteiger partial charge in [0.1, 0.15) is 6.10 Å². The minimum absolute atomic E-state index is 0.0734. The van der Waals surface area contributed by atoms with E-state index < -0.39 is 28.8 Å². The first kappa shape index (κ1) is 15.6. The third kappa shape index (κ3) is 2.90. The second-order valence-corrected chi connectivity index (χ2v) is 3.98. The summed E-state index contributed by atoms with van der Waals surface area (Å²) in [4.78, 5) is 21.8. The van der Waals surface area contributed by atoms with Crippen LogP contribution in [-0.4, -0.2) is 34.3 Å². The Labute approximate surface area is 114 Å². The number of nitro benzene ring substituents is 1. The van der Waals surface area contributed by atoms with Gasteiger partial charge in [0.2, 0.25) is 0 Å². The van der Waals surface area contributed by atoms with Crippen molar-refractivity contribution in [1.29, 1.82) is 5.26 Å². The van der Waals surface area contributed by atoms with Gasteiger partial charge in [0, 0.05) is 11.6 Å². The van der Waals surface area contributed by atoms with Crippen molar-refractivity contribution >= 4 is 11.7 Å². The molecule has 0 aromatic heterocycles. The summed E-state index contributed by atoms with van der Waals surface area (Å²) in [7, 11) is 1.11. The number of methoxy groups -OCH3 is 1. The van der Waals surface area contributed by atoms with E-state index in [1.807, 2.05) is 0 Å². The lowest BCUT2D eigenvalue weighted by Crippen LogP contribution is -2.17. The van der Waals surface area contributed by atoms with Crippen LogP contribution in [0.4, 0.5) is 5.69 Å². The molecular formula is C12H12N2O6. The third-order valence-electron chi connectivity index (χ3n) is 2.78. The zero-order valence-electron chi connectivity index (χ0n) is 10.7. The largest absolute Gasteiger partial charge is 0.465 e. The Hall–Kier alpha value is -2.50. The van der Waals surface area contributed by atoms with Crippen molar-refractivity contribution in [2.75, 3.05) is 7.11 Å². The molecule has 2 unspecified atom stereocenters. The molecule has 0 heterocycles. The van der Waals surface area contributed by atoms with Crippen molar-refractivity contribution in [3.8, 4) is 6.07 Å². The van der Waals surface area contributed by atoms with Crippen LogP contribution in [0.25, 0.3) is 0 Å². The molecule has 0 saturated carbocycles. The predicted molar refractivity (Wildman–Crippen MR) is 65.8 cm³/mol. The van der Waals surface area contributed by atoms with Crippen molar-refractivity contribution < 1.29 is 24.7 Å². The van der Waals surface area contributed by atoms with Gasteiger partial charge in [-0.15, -0.1) is 0 Å². The van der Waals surface area contributed by atoms with Crippen molar-refractivity contribution in [2.24, 2.45) is 0 Å². The summed E-state index contributed by atoms with van der Waals surface area (Å²) in [6, 6.07) is 3.57. The fourth-order valence-corrected chi connectivity index (χ4v) is 1.66. The van der Waals surface area contributed by atoms with E-state index in [1.165, 1.54) is 13.0 Å². The van der Waals surface area contributed by atoms with Gasteiger partial charge in [-0.1, -0.05) is 0 Å². The van der Waals surface area contributed by atoms with Crippen LogP contribution in [0, 0.1) is 28.4 Å². The Morgan fingerprint density at radius 2 is 2.10 bits per heavy atom. The first-order valence-electron chi connectivity index (χ1n) is 5.46. The molecule has 1 aromatic carbocycles. The SMILES string of the molecule is COC(=O)c1cc(C(O)C(O)C#N)cc([N+](=O)[O-])c1C. The Balaban J connectivity index is 3.49. The maximum Gasteiger partial charge on any atom is 0.338 e.